The molecular weight excluding hydrogens is 200 g/mol. The van der Waals surface area contributed by atoms with Crippen LogP contribution in [0.25, 0.3) is 0 Å². The van der Waals surface area contributed by atoms with Crippen LogP contribution in [-0.2, 0) is 10.7 Å². The molecule has 1 amide bonds. The first-order chi connectivity index (χ1) is 6.98. The lowest BCUT2D eigenvalue weighted by Gasteiger charge is -2.30. The molecule has 2 rings (SSSR count). The molecule has 0 N–H and O–H groups in total. The molecule has 1 fully saturated rings. The van der Waals surface area contributed by atoms with E-state index in [1.165, 1.54) is 12.1 Å². The van der Waals surface area contributed by atoms with Gasteiger partial charge in [0.2, 0.25) is 5.91 Å². The Hall–Kier alpha value is -1.45. The minimum Gasteiger partial charge on any atom is -0.312 e. The number of hydrogen-bond donors (Lipinski definition) is 0. The van der Waals surface area contributed by atoms with Crippen LogP contribution in [-0.4, -0.2) is 12.5 Å². The third-order valence-corrected chi connectivity index (χ3v) is 2.54. The second kappa shape index (κ2) is 3.29. The molecule has 80 valence electrons. The Morgan fingerprint density at radius 2 is 1.87 bits per heavy atom. The molecule has 1 aromatic carbocycles. The van der Waals surface area contributed by atoms with Gasteiger partial charge >= 0.3 is 0 Å². The maximum absolute atomic E-state index is 12.9. The van der Waals surface area contributed by atoms with E-state index in [-0.39, 0.29) is 11.5 Å². The van der Waals surface area contributed by atoms with Crippen LogP contribution in [0.5, 0.6) is 0 Å². The van der Waals surface area contributed by atoms with Gasteiger partial charge in [-0.15, -0.1) is 0 Å². The fourth-order valence-corrected chi connectivity index (χ4v) is 1.52. The number of rotatable bonds is 2. The highest BCUT2D eigenvalue weighted by molar-refractivity contribution is 5.99. The van der Waals surface area contributed by atoms with Crippen LogP contribution in [0.4, 0.5) is 14.5 Å². The van der Waals surface area contributed by atoms with Crippen molar-refractivity contribution in [1.29, 1.82) is 0 Å². The van der Waals surface area contributed by atoms with Crippen LogP contribution < -0.4 is 4.90 Å². The van der Waals surface area contributed by atoms with Crippen LogP contribution in [0.15, 0.2) is 24.3 Å². The van der Waals surface area contributed by atoms with Crippen molar-refractivity contribution in [1.82, 2.24) is 0 Å². The van der Waals surface area contributed by atoms with Crippen molar-refractivity contribution < 1.29 is 13.6 Å². The van der Waals surface area contributed by atoms with Gasteiger partial charge in [0.25, 0.3) is 5.92 Å². The lowest BCUT2D eigenvalue weighted by molar-refractivity contribution is -0.122. The topological polar surface area (TPSA) is 20.3 Å². The number of anilines is 1. The smallest absolute Gasteiger partial charge is 0.270 e. The average Bonchev–Trinajstić information content (AvgIpc) is 2.15. The maximum atomic E-state index is 12.9. The van der Waals surface area contributed by atoms with E-state index < -0.39 is 5.92 Å². The molecule has 1 saturated heterocycles. The maximum Gasteiger partial charge on any atom is 0.270 e. The van der Waals surface area contributed by atoms with Gasteiger partial charge in [-0.25, -0.2) is 8.78 Å². The molecule has 0 spiro atoms. The number of nitrogens with zero attached hydrogens (tertiary/aromatic N) is 1. The largest absolute Gasteiger partial charge is 0.312 e. The highest BCUT2D eigenvalue weighted by Crippen LogP contribution is 2.29. The van der Waals surface area contributed by atoms with E-state index in [1.54, 1.807) is 17.0 Å². The van der Waals surface area contributed by atoms with Gasteiger partial charge in [0.1, 0.15) is 0 Å². The van der Waals surface area contributed by atoms with Crippen LogP contribution in [0.3, 0.4) is 0 Å². The summed E-state index contributed by atoms with van der Waals surface area (Å²) in [7, 11) is 0. The molecule has 0 unspecified atom stereocenters. The molecule has 1 aliphatic heterocycles. The number of amides is 1. The van der Waals surface area contributed by atoms with E-state index in [4.69, 9.17) is 0 Å². The normalized spacial score (nSPS) is 16.5. The third kappa shape index (κ3) is 1.84. The number of β-lactam (4-membered cyclic amide) rings is 1. The molecular formula is C11H11F2NO. The minimum atomic E-state index is -2.82. The van der Waals surface area contributed by atoms with Gasteiger partial charge in [0.15, 0.2) is 0 Å². The van der Waals surface area contributed by atoms with Gasteiger partial charge in [-0.2, -0.15) is 0 Å². The number of carbonyl (C=O) groups is 1. The fraction of sp³-hybridized carbons (Fsp3) is 0.364. The molecule has 4 heteroatoms. The molecule has 1 aliphatic rings. The number of benzene rings is 1. The van der Waals surface area contributed by atoms with Gasteiger partial charge in [0, 0.05) is 31.1 Å². The summed E-state index contributed by atoms with van der Waals surface area (Å²) in [5, 5.41) is 0. The molecule has 1 heterocycles. The lowest BCUT2D eigenvalue weighted by atomic mass is 10.1. The van der Waals surface area contributed by atoms with Gasteiger partial charge in [-0.1, -0.05) is 12.1 Å². The quantitative estimate of drug-likeness (QED) is 0.688. The van der Waals surface area contributed by atoms with E-state index in [0.29, 0.717) is 18.7 Å². The van der Waals surface area contributed by atoms with Crippen LogP contribution in [0.2, 0.25) is 0 Å². The summed E-state index contributed by atoms with van der Waals surface area (Å²) in [6.07, 6.45) is 0.547. The first-order valence-electron chi connectivity index (χ1n) is 4.77. The number of carbonyl (C=O) groups excluding carboxylic acids is 1. The Morgan fingerprint density at radius 1 is 1.27 bits per heavy atom. The van der Waals surface area contributed by atoms with Crippen molar-refractivity contribution in [2.75, 3.05) is 11.4 Å². The zero-order valence-electron chi connectivity index (χ0n) is 8.34. The number of halogens is 2. The highest BCUT2D eigenvalue weighted by atomic mass is 19.3. The van der Waals surface area contributed by atoms with Crippen LogP contribution in [0, 0.1) is 0 Å². The lowest BCUT2D eigenvalue weighted by Crippen LogP contribution is -2.43. The molecule has 2 nitrogen and oxygen atoms in total. The minimum absolute atomic E-state index is 0.0285. The Balaban J connectivity index is 2.21. The SMILES string of the molecule is CC(F)(F)c1ccc(N2CCC2=O)cc1. The molecule has 0 atom stereocenters. The monoisotopic (exact) mass is 211 g/mol. The van der Waals surface area contributed by atoms with Crippen molar-refractivity contribution in [2.45, 2.75) is 19.3 Å². The number of alkyl halides is 2. The fourth-order valence-electron chi connectivity index (χ4n) is 1.52. The zero-order valence-corrected chi connectivity index (χ0v) is 8.34. The predicted octanol–water partition coefficient (Wildman–Crippen LogP) is 2.54. The summed E-state index contributed by atoms with van der Waals surface area (Å²) in [5.74, 6) is -2.77. The summed E-state index contributed by atoms with van der Waals surface area (Å²) in [6.45, 7) is 1.54. The third-order valence-electron chi connectivity index (χ3n) is 2.54. The summed E-state index contributed by atoms with van der Waals surface area (Å²) in [4.78, 5) is 12.7. The molecule has 0 radical (unpaired) electrons. The summed E-state index contributed by atoms with van der Waals surface area (Å²) >= 11 is 0. The van der Waals surface area contributed by atoms with Gasteiger partial charge in [-0.3, -0.25) is 4.79 Å². The number of hydrogen-bond acceptors (Lipinski definition) is 1. The van der Waals surface area contributed by atoms with Crippen molar-refractivity contribution in [3.8, 4) is 0 Å². The molecule has 0 aliphatic carbocycles. The molecule has 0 aromatic heterocycles. The van der Waals surface area contributed by atoms with E-state index in [1.807, 2.05) is 0 Å². The van der Waals surface area contributed by atoms with Gasteiger partial charge in [0.05, 0.1) is 0 Å². The first kappa shape index (κ1) is 10.1. The van der Waals surface area contributed by atoms with E-state index in [2.05, 4.69) is 0 Å². The standard InChI is InChI=1S/C11H11F2NO/c1-11(12,13)8-2-4-9(5-3-8)14-7-6-10(14)15/h2-5H,6-7H2,1H3. The Kier molecular flexibility index (Phi) is 2.21. The average molecular weight is 211 g/mol. The van der Waals surface area contributed by atoms with E-state index in [0.717, 1.165) is 6.92 Å². The van der Waals surface area contributed by atoms with Gasteiger partial charge in [-0.05, 0) is 12.1 Å². The molecule has 0 saturated carbocycles. The van der Waals surface area contributed by atoms with E-state index in [9.17, 15) is 13.6 Å². The van der Waals surface area contributed by atoms with Gasteiger partial charge < -0.3 is 4.90 Å². The zero-order chi connectivity index (χ0) is 11.1. The Morgan fingerprint density at radius 3 is 2.20 bits per heavy atom. The van der Waals surface area contributed by atoms with Crippen molar-refractivity contribution in [3.05, 3.63) is 29.8 Å². The van der Waals surface area contributed by atoms with Crippen LogP contribution >= 0.6 is 0 Å². The van der Waals surface area contributed by atoms with Crippen molar-refractivity contribution >= 4 is 11.6 Å². The molecule has 0 bridgehead atoms. The highest BCUT2D eigenvalue weighted by Gasteiger charge is 2.27. The Labute approximate surface area is 86.5 Å². The summed E-state index contributed by atoms with van der Waals surface area (Å²) in [6, 6.07) is 5.84. The van der Waals surface area contributed by atoms with Crippen LogP contribution in [0.1, 0.15) is 18.9 Å². The predicted molar refractivity (Wildman–Crippen MR) is 53.0 cm³/mol. The first-order valence-corrected chi connectivity index (χ1v) is 4.77. The molecule has 1 aromatic rings. The summed E-state index contributed by atoms with van der Waals surface area (Å²) < 4.78 is 25.8. The Bertz CT molecular complexity index is 381. The second-order valence-electron chi connectivity index (χ2n) is 3.73. The molecule has 15 heavy (non-hydrogen) atoms. The summed E-state index contributed by atoms with van der Waals surface area (Å²) in [5.41, 5.74) is 0.665. The second-order valence-corrected chi connectivity index (χ2v) is 3.73. The van der Waals surface area contributed by atoms with E-state index >= 15 is 0 Å². The van der Waals surface area contributed by atoms with Crippen molar-refractivity contribution in [3.63, 3.8) is 0 Å². The van der Waals surface area contributed by atoms with Crippen molar-refractivity contribution in [2.24, 2.45) is 0 Å².